The quantitative estimate of drug-likeness (QED) is 0.835. The van der Waals surface area contributed by atoms with E-state index >= 15 is 0 Å². The zero-order valence-electron chi connectivity index (χ0n) is 12.3. The number of fused-ring (bicyclic) bond motifs is 1. The number of anilines is 2. The van der Waals surface area contributed by atoms with Crippen molar-refractivity contribution >= 4 is 28.5 Å². The highest BCUT2D eigenvalue weighted by molar-refractivity contribution is 6.00. The molecule has 110 valence electrons. The Morgan fingerprint density at radius 3 is 2.57 bits per heavy atom. The SMILES string of the molecule is CC(=O)c1ccc2c(N3CCN(C)CC3)nc(N)nc2c1. The van der Waals surface area contributed by atoms with E-state index < -0.39 is 0 Å². The number of Topliss-reactive ketones (excluding diaryl/α,β-unsaturated/α-hetero) is 1. The molecule has 1 saturated heterocycles. The Labute approximate surface area is 123 Å². The highest BCUT2D eigenvalue weighted by atomic mass is 16.1. The van der Waals surface area contributed by atoms with Gasteiger partial charge < -0.3 is 15.5 Å². The summed E-state index contributed by atoms with van der Waals surface area (Å²) < 4.78 is 0. The number of rotatable bonds is 2. The summed E-state index contributed by atoms with van der Waals surface area (Å²) in [6, 6.07) is 5.53. The monoisotopic (exact) mass is 285 g/mol. The van der Waals surface area contributed by atoms with Crippen LogP contribution in [0.2, 0.25) is 0 Å². The van der Waals surface area contributed by atoms with Crippen molar-refractivity contribution in [3.63, 3.8) is 0 Å². The molecule has 1 aromatic carbocycles. The number of nitrogens with zero attached hydrogens (tertiary/aromatic N) is 4. The second-order valence-electron chi connectivity index (χ2n) is 5.48. The zero-order chi connectivity index (χ0) is 15.0. The van der Waals surface area contributed by atoms with Gasteiger partial charge in [0.2, 0.25) is 5.95 Å². The normalized spacial score (nSPS) is 16.4. The number of piperazine rings is 1. The molecule has 0 unspecified atom stereocenters. The number of nitrogen functional groups attached to an aromatic ring is 1. The lowest BCUT2D eigenvalue weighted by Gasteiger charge is -2.33. The third kappa shape index (κ3) is 2.67. The first kappa shape index (κ1) is 13.8. The van der Waals surface area contributed by atoms with Crippen LogP contribution in [0.3, 0.4) is 0 Å². The summed E-state index contributed by atoms with van der Waals surface area (Å²) in [5.41, 5.74) is 7.21. The number of hydrogen-bond donors (Lipinski definition) is 1. The average molecular weight is 285 g/mol. The molecule has 2 aromatic rings. The predicted molar refractivity (Wildman–Crippen MR) is 83.7 cm³/mol. The van der Waals surface area contributed by atoms with Crippen molar-refractivity contribution in [3.8, 4) is 0 Å². The van der Waals surface area contributed by atoms with E-state index in [1.165, 1.54) is 0 Å². The second-order valence-corrected chi connectivity index (χ2v) is 5.48. The first-order chi connectivity index (χ1) is 10.0. The molecule has 0 aliphatic carbocycles. The lowest BCUT2D eigenvalue weighted by atomic mass is 10.1. The molecule has 6 heteroatoms. The fourth-order valence-electron chi connectivity index (χ4n) is 2.61. The Morgan fingerprint density at radius 1 is 1.19 bits per heavy atom. The average Bonchev–Trinajstić information content (AvgIpc) is 2.46. The third-order valence-electron chi connectivity index (χ3n) is 3.90. The second kappa shape index (κ2) is 5.29. The Balaban J connectivity index is 2.07. The van der Waals surface area contributed by atoms with Crippen LogP contribution in [0.5, 0.6) is 0 Å². The molecule has 0 radical (unpaired) electrons. The van der Waals surface area contributed by atoms with Crippen molar-refractivity contribution < 1.29 is 4.79 Å². The van der Waals surface area contributed by atoms with Crippen LogP contribution >= 0.6 is 0 Å². The maximum Gasteiger partial charge on any atom is 0.222 e. The molecule has 2 heterocycles. The predicted octanol–water partition coefficient (Wildman–Crippen LogP) is 1.17. The Morgan fingerprint density at radius 2 is 1.90 bits per heavy atom. The van der Waals surface area contributed by atoms with Crippen LogP contribution in [0.25, 0.3) is 10.9 Å². The summed E-state index contributed by atoms with van der Waals surface area (Å²) in [6.45, 7) is 5.37. The number of hydrogen-bond acceptors (Lipinski definition) is 6. The zero-order valence-corrected chi connectivity index (χ0v) is 12.3. The minimum atomic E-state index is 0.0234. The van der Waals surface area contributed by atoms with Gasteiger partial charge in [0.05, 0.1) is 5.52 Å². The van der Waals surface area contributed by atoms with Gasteiger partial charge in [-0.3, -0.25) is 4.79 Å². The molecule has 2 N–H and O–H groups in total. The largest absolute Gasteiger partial charge is 0.368 e. The van der Waals surface area contributed by atoms with Crippen molar-refractivity contribution in [2.45, 2.75) is 6.92 Å². The van der Waals surface area contributed by atoms with Gasteiger partial charge in [0.25, 0.3) is 0 Å². The maximum absolute atomic E-state index is 11.5. The number of ketones is 1. The molecular weight excluding hydrogens is 266 g/mol. The Bertz CT molecular complexity index is 692. The van der Waals surface area contributed by atoms with Crippen LogP contribution in [-0.2, 0) is 0 Å². The fraction of sp³-hybridized carbons (Fsp3) is 0.400. The molecule has 0 spiro atoms. The van der Waals surface area contributed by atoms with Gasteiger partial charge in [-0.2, -0.15) is 4.98 Å². The van der Waals surface area contributed by atoms with Gasteiger partial charge in [0, 0.05) is 37.1 Å². The third-order valence-corrected chi connectivity index (χ3v) is 3.90. The maximum atomic E-state index is 11.5. The minimum Gasteiger partial charge on any atom is -0.368 e. The fourth-order valence-corrected chi connectivity index (χ4v) is 2.61. The van der Waals surface area contributed by atoms with Crippen LogP contribution < -0.4 is 10.6 Å². The van der Waals surface area contributed by atoms with E-state index in [-0.39, 0.29) is 11.7 Å². The molecule has 21 heavy (non-hydrogen) atoms. The van der Waals surface area contributed by atoms with Gasteiger partial charge in [-0.05, 0) is 26.1 Å². The van der Waals surface area contributed by atoms with E-state index in [0.29, 0.717) is 5.56 Å². The topological polar surface area (TPSA) is 75.4 Å². The van der Waals surface area contributed by atoms with E-state index in [1.807, 2.05) is 12.1 Å². The van der Waals surface area contributed by atoms with Gasteiger partial charge in [0.15, 0.2) is 5.78 Å². The molecule has 0 bridgehead atoms. The van der Waals surface area contributed by atoms with E-state index in [4.69, 9.17) is 5.73 Å². The molecule has 1 aliphatic rings. The van der Waals surface area contributed by atoms with Crippen molar-refractivity contribution in [3.05, 3.63) is 23.8 Å². The molecule has 0 atom stereocenters. The molecule has 1 aromatic heterocycles. The van der Waals surface area contributed by atoms with Crippen LogP contribution in [0, 0.1) is 0 Å². The van der Waals surface area contributed by atoms with E-state index in [9.17, 15) is 4.79 Å². The van der Waals surface area contributed by atoms with Crippen LogP contribution in [0.1, 0.15) is 17.3 Å². The van der Waals surface area contributed by atoms with Crippen molar-refractivity contribution in [2.75, 3.05) is 43.9 Å². The highest BCUT2D eigenvalue weighted by Gasteiger charge is 2.19. The first-order valence-corrected chi connectivity index (χ1v) is 7.06. The molecule has 3 rings (SSSR count). The summed E-state index contributed by atoms with van der Waals surface area (Å²) >= 11 is 0. The van der Waals surface area contributed by atoms with Gasteiger partial charge in [-0.25, -0.2) is 4.98 Å². The minimum absolute atomic E-state index is 0.0234. The van der Waals surface area contributed by atoms with Crippen LogP contribution in [0.4, 0.5) is 11.8 Å². The standard InChI is InChI=1S/C15H19N5O/c1-10(21)11-3-4-12-13(9-11)17-15(16)18-14(12)20-7-5-19(2)6-8-20/h3-4,9H,5-8H2,1-2H3,(H2,16,17,18). The summed E-state index contributed by atoms with van der Waals surface area (Å²) in [5.74, 6) is 1.13. The van der Waals surface area contributed by atoms with Crippen molar-refractivity contribution in [1.82, 2.24) is 14.9 Å². The Hall–Kier alpha value is -2.21. The number of nitrogens with two attached hydrogens (primary N) is 1. The lowest BCUT2D eigenvalue weighted by Crippen LogP contribution is -2.45. The van der Waals surface area contributed by atoms with E-state index in [0.717, 1.165) is 42.9 Å². The molecule has 1 fully saturated rings. The Kier molecular flexibility index (Phi) is 3.47. The smallest absolute Gasteiger partial charge is 0.222 e. The lowest BCUT2D eigenvalue weighted by molar-refractivity contribution is 0.101. The summed E-state index contributed by atoms with van der Waals surface area (Å²) in [7, 11) is 2.11. The number of carbonyl (C=O) groups excluding carboxylic acids is 1. The number of benzene rings is 1. The molecule has 0 saturated carbocycles. The van der Waals surface area contributed by atoms with Gasteiger partial charge in [-0.1, -0.05) is 6.07 Å². The number of aromatic nitrogens is 2. The molecular formula is C15H19N5O. The van der Waals surface area contributed by atoms with Crippen LogP contribution in [-0.4, -0.2) is 53.9 Å². The summed E-state index contributed by atoms with van der Waals surface area (Å²) in [5, 5.41) is 0.943. The summed E-state index contributed by atoms with van der Waals surface area (Å²) in [6.07, 6.45) is 0. The summed E-state index contributed by atoms with van der Waals surface area (Å²) in [4.78, 5) is 24.7. The van der Waals surface area contributed by atoms with Gasteiger partial charge in [-0.15, -0.1) is 0 Å². The van der Waals surface area contributed by atoms with Gasteiger partial charge in [0.1, 0.15) is 5.82 Å². The van der Waals surface area contributed by atoms with Crippen molar-refractivity contribution in [2.24, 2.45) is 0 Å². The molecule has 0 amide bonds. The number of likely N-dealkylation sites (N-methyl/N-ethyl adjacent to an activating group) is 1. The van der Waals surface area contributed by atoms with Crippen LogP contribution in [0.15, 0.2) is 18.2 Å². The first-order valence-electron chi connectivity index (χ1n) is 7.06. The van der Waals surface area contributed by atoms with E-state index in [2.05, 4.69) is 26.8 Å². The number of carbonyl (C=O) groups is 1. The molecule has 6 nitrogen and oxygen atoms in total. The van der Waals surface area contributed by atoms with Gasteiger partial charge >= 0.3 is 0 Å². The highest BCUT2D eigenvalue weighted by Crippen LogP contribution is 2.26. The van der Waals surface area contributed by atoms with E-state index in [1.54, 1.807) is 13.0 Å². The molecule has 1 aliphatic heterocycles. The van der Waals surface area contributed by atoms with Crippen molar-refractivity contribution in [1.29, 1.82) is 0 Å².